The van der Waals surface area contributed by atoms with Gasteiger partial charge in [0.1, 0.15) is 11.5 Å². The molecule has 3 aromatic rings. The summed E-state index contributed by atoms with van der Waals surface area (Å²) in [5.74, 6) is 0.547. The molecule has 3 heterocycles. The highest BCUT2D eigenvalue weighted by Gasteiger charge is 2.29. The second-order valence-electron chi connectivity index (χ2n) is 7.70. The normalized spacial score (nSPS) is 15.2. The number of carbonyl (C=O) groups is 1. The van der Waals surface area contributed by atoms with Crippen LogP contribution < -0.4 is 0 Å². The van der Waals surface area contributed by atoms with E-state index in [1.807, 2.05) is 41.3 Å². The third-order valence-corrected chi connectivity index (χ3v) is 6.35. The lowest BCUT2D eigenvalue weighted by Crippen LogP contribution is -2.48. The Morgan fingerprint density at radius 3 is 2.52 bits per heavy atom. The maximum absolute atomic E-state index is 13.4. The van der Waals surface area contributed by atoms with Gasteiger partial charge in [-0.25, -0.2) is 4.98 Å². The Hall–Kier alpha value is -2.69. The van der Waals surface area contributed by atoms with E-state index >= 15 is 0 Å². The van der Waals surface area contributed by atoms with Gasteiger partial charge >= 0.3 is 6.18 Å². The van der Waals surface area contributed by atoms with Gasteiger partial charge < -0.3 is 14.1 Å². The third-order valence-electron chi connectivity index (χ3n) is 5.29. The average Bonchev–Trinajstić information content (AvgIpc) is 3.49. The fourth-order valence-electron chi connectivity index (χ4n) is 3.66. The molecule has 0 atom stereocenters. The van der Waals surface area contributed by atoms with Gasteiger partial charge in [0.2, 0.25) is 0 Å². The van der Waals surface area contributed by atoms with E-state index in [2.05, 4.69) is 9.64 Å². The minimum Gasteiger partial charge on any atom is -0.462 e. The van der Waals surface area contributed by atoms with Crippen LogP contribution in [0.1, 0.15) is 16.1 Å². The van der Waals surface area contributed by atoms with E-state index in [0.717, 1.165) is 5.56 Å². The summed E-state index contributed by atoms with van der Waals surface area (Å²) in [5.41, 5.74) is 1.51. The number of aromatic nitrogens is 1. The number of alkyl halides is 3. The lowest BCUT2D eigenvalue weighted by molar-refractivity contribution is -0.174. The van der Waals surface area contributed by atoms with E-state index in [-0.39, 0.29) is 12.5 Å². The number of piperazine rings is 1. The number of benzene rings is 1. The van der Waals surface area contributed by atoms with Crippen molar-refractivity contribution in [3.8, 4) is 22.0 Å². The van der Waals surface area contributed by atoms with Gasteiger partial charge in [-0.3, -0.25) is 9.69 Å². The second kappa shape index (κ2) is 10.5. The first-order chi connectivity index (χ1) is 15.9. The summed E-state index contributed by atoms with van der Waals surface area (Å²) in [5, 5.41) is 0.652. The molecular weight excluding hydrogens is 455 g/mol. The zero-order chi connectivity index (χ0) is 23.3. The van der Waals surface area contributed by atoms with Gasteiger partial charge in [0.05, 0.1) is 12.0 Å². The van der Waals surface area contributed by atoms with Crippen LogP contribution in [0.25, 0.3) is 22.0 Å². The first-order valence-corrected chi connectivity index (χ1v) is 11.5. The van der Waals surface area contributed by atoms with Crippen LogP contribution in [0.4, 0.5) is 13.2 Å². The van der Waals surface area contributed by atoms with Crippen molar-refractivity contribution in [2.24, 2.45) is 0 Å². The van der Waals surface area contributed by atoms with Crippen molar-refractivity contribution in [2.75, 3.05) is 45.9 Å². The summed E-state index contributed by atoms with van der Waals surface area (Å²) in [6.07, 6.45) is -2.20. The number of furan rings is 1. The monoisotopic (exact) mass is 479 g/mol. The lowest BCUT2D eigenvalue weighted by Gasteiger charge is -2.34. The van der Waals surface area contributed by atoms with Gasteiger partial charge in [0.15, 0.2) is 10.8 Å². The molecule has 0 unspecified atom stereocenters. The second-order valence-corrected chi connectivity index (χ2v) is 8.69. The fraction of sp³-hybridized carbons (Fsp3) is 0.391. The molecule has 1 aromatic carbocycles. The summed E-state index contributed by atoms with van der Waals surface area (Å²) in [6.45, 7) is 1.90. The predicted octanol–water partition coefficient (Wildman–Crippen LogP) is 4.80. The van der Waals surface area contributed by atoms with Gasteiger partial charge in [0.25, 0.3) is 5.91 Å². The van der Waals surface area contributed by atoms with Crippen LogP contribution in [0.5, 0.6) is 0 Å². The molecule has 0 aliphatic carbocycles. The first-order valence-electron chi connectivity index (χ1n) is 10.7. The molecule has 1 amide bonds. The summed E-state index contributed by atoms with van der Waals surface area (Å²) >= 11 is 1.32. The van der Waals surface area contributed by atoms with E-state index in [0.29, 0.717) is 60.5 Å². The molecular formula is C23H24F3N3O3S. The van der Waals surface area contributed by atoms with Crippen molar-refractivity contribution < 1.29 is 27.1 Å². The highest BCUT2D eigenvalue weighted by Crippen LogP contribution is 2.35. The summed E-state index contributed by atoms with van der Waals surface area (Å²) < 4.78 is 46.5. The molecule has 6 nitrogen and oxygen atoms in total. The largest absolute Gasteiger partial charge is 0.462 e. The Labute approximate surface area is 193 Å². The molecule has 4 rings (SSSR count). The summed E-state index contributed by atoms with van der Waals surface area (Å²) in [6, 6.07) is 13.2. The van der Waals surface area contributed by atoms with Gasteiger partial charge in [0, 0.05) is 44.9 Å². The smallest absolute Gasteiger partial charge is 0.411 e. The highest BCUT2D eigenvalue weighted by atomic mass is 32.1. The first kappa shape index (κ1) is 23.5. The van der Waals surface area contributed by atoms with E-state index in [1.165, 1.54) is 11.3 Å². The molecule has 10 heteroatoms. The average molecular weight is 480 g/mol. The predicted molar refractivity (Wildman–Crippen MR) is 119 cm³/mol. The Kier molecular flexibility index (Phi) is 7.46. The third kappa shape index (κ3) is 6.21. The van der Waals surface area contributed by atoms with Crippen LogP contribution in [-0.4, -0.2) is 72.8 Å². The maximum Gasteiger partial charge on any atom is 0.411 e. The number of hydrogen-bond acceptors (Lipinski definition) is 6. The quantitative estimate of drug-likeness (QED) is 0.435. The molecule has 1 saturated heterocycles. The van der Waals surface area contributed by atoms with Crippen molar-refractivity contribution in [2.45, 2.75) is 12.6 Å². The van der Waals surface area contributed by atoms with Crippen LogP contribution in [0.3, 0.4) is 0 Å². The minimum atomic E-state index is -4.29. The van der Waals surface area contributed by atoms with Gasteiger partial charge in [-0.1, -0.05) is 30.3 Å². The van der Waals surface area contributed by atoms with Crippen LogP contribution in [0.2, 0.25) is 0 Å². The maximum atomic E-state index is 13.4. The molecule has 33 heavy (non-hydrogen) atoms. The van der Waals surface area contributed by atoms with Crippen LogP contribution in [0, 0.1) is 0 Å². The van der Waals surface area contributed by atoms with Crippen LogP contribution >= 0.6 is 11.3 Å². The number of halogens is 3. The SMILES string of the molecule is O=C(c1sc(-c2ccco2)nc1-c1ccccc1)N1CCN(CCCOCC(F)(F)F)CC1. The standard InChI is InChI=1S/C23H24F3N3O3S/c24-23(25,26)16-31-14-5-9-28-10-12-29(13-11-28)22(30)20-19(17-6-2-1-3-7-17)27-21(33-20)18-8-4-15-32-18/h1-4,6-8,15H,5,9-14,16H2. The Morgan fingerprint density at radius 2 is 1.85 bits per heavy atom. The molecule has 0 spiro atoms. The Morgan fingerprint density at radius 1 is 1.09 bits per heavy atom. The van der Waals surface area contributed by atoms with E-state index in [9.17, 15) is 18.0 Å². The van der Waals surface area contributed by atoms with Crippen molar-refractivity contribution in [1.29, 1.82) is 0 Å². The molecule has 176 valence electrons. The molecule has 1 aliphatic rings. The molecule has 0 saturated carbocycles. The van der Waals surface area contributed by atoms with Crippen LogP contribution in [-0.2, 0) is 4.74 Å². The van der Waals surface area contributed by atoms with Gasteiger partial charge in [-0.15, -0.1) is 11.3 Å². The molecule has 0 bridgehead atoms. The highest BCUT2D eigenvalue weighted by molar-refractivity contribution is 7.17. The molecule has 2 aromatic heterocycles. The van der Waals surface area contributed by atoms with E-state index in [1.54, 1.807) is 12.3 Å². The Balaban J connectivity index is 1.38. The molecule has 1 aliphatic heterocycles. The lowest BCUT2D eigenvalue weighted by atomic mass is 10.1. The Bertz CT molecular complexity index is 1030. The molecule has 1 fully saturated rings. The number of hydrogen-bond donors (Lipinski definition) is 0. The van der Waals surface area contributed by atoms with Crippen molar-refractivity contribution in [1.82, 2.24) is 14.8 Å². The number of carbonyl (C=O) groups excluding carboxylic acids is 1. The van der Waals surface area contributed by atoms with Gasteiger partial charge in [-0.2, -0.15) is 13.2 Å². The summed E-state index contributed by atoms with van der Waals surface area (Å²) in [7, 11) is 0. The van der Waals surface area contributed by atoms with Crippen molar-refractivity contribution in [3.05, 3.63) is 53.6 Å². The van der Waals surface area contributed by atoms with Crippen LogP contribution in [0.15, 0.2) is 53.1 Å². The molecule has 0 radical (unpaired) electrons. The number of rotatable bonds is 8. The van der Waals surface area contributed by atoms with E-state index < -0.39 is 12.8 Å². The zero-order valence-electron chi connectivity index (χ0n) is 17.9. The zero-order valence-corrected chi connectivity index (χ0v) is 18.7. The topological polar surface area (TPSA) is 58.8 Å². The minimum absolute atomic E-state index is 0.0650. The van der Waals surface area contributed by atoms with Crippen molar-refractivity contribution >= 4 is 17.2 Å². The van der Waals surface area contributed by atoms with Crippen molar-refractivity contribution in [3.63, 3.8) is 0 Å². The molecule has 0 N–H and O–H groups in total. The number of ether oxygens (including phenoxy) is 1. The van der Waals surface area contributed by atoms with E-state index in [4.69, 9.17) is 9.40 Å². The number of amides is 1. The number of nitrogens with zero attached hydrogens (tertiary/aromatic N) is 3. The fourth-order valence-corrected chi connectivity index (χ4v) is 4.68. The summed E-state index contributed by atoms with van der Waals surface area (Å²) in [4.78, 5) is 22.6. The number of thiazole rings is 1. The van der Waals surface area contributed by atoms with Gasteiger partial charge in [-0.05, 0) is 18.6 Å².